The molecule has 0 amide bonds. The number of rotatable bonds is 3. The number of hydrogen-bond donors (Lipinski definition) is 0. The van der Waals surface area contributed by atoms with Gasteiger partial charge >= 0.3 is 0 Å². The third-order valence-corrected chi connectivity index (χ3v) is 3.69. The van der Waals surface area contributed by atoms with E-state index < -0.39 is 0 Å². The third kappa shape index (κ3) is 2.08. The first-order valence-electron chi connectivity index (χ1n) is 6.50. The van der Waals surface area contributed by atoms with Crippen LogP contribution in [0.2, 0.25) is 0 Å². The number of benzene rings is 1. The Morgan fingerprint density at radius 3 is 2.53 bits per heavy atom. The van der Waals surface area contributed by atoms with Crippen LogP contribution in [0, 0.1) is 0 Å². The molecule has 92 valence electrons. The molecule has 2 nitrogen and oxygen atoms in total. The van der Waals surface area contributed by atoms with Gasteiger partial charge in [0.05, 0.1) is 11.7 Å². The molecule has 2 heteroatoms. The molecule has 1 atom stereocenters. The van der Waals surface area contributed by atoms with E-state index in [4.69, 9.17) is 0 Å². The summed E-state index contributed by atoms with van der Waals surface area (Å²) in [6.45, 7) is 9.04. The molecule has 0 fully saturated rings. The van der Waals surface area contributed by atoms with Crippen molar-refractivity contribution < 1.29 is 0 Å². The van der Waals surface area contributed by atoms with Gasteiger partial charge in [-0.1, -0.05) is 33.8 Å². The van der Waals surface area contributed by atoms with Gasteiger partial charge in [-0.25, -0.2) is 0 Å². The molecule has 0 bridgehead atoms. The molecule has 1 unspecified atom stereocenters. The number of fused-ring (bicyclic) bond motifs is 1. The molecule has 0 spiro atoms. The van der Waals surface area contributed by atoms with Crippen molar-refractivity contribution in [1.29, 1.82) is 0 Å². The van der Waals surface area contributed by atoms with E-state index in [1.807, 2.05) is 17.9 Å². The predicted molar refractivity (Wildman–Crippen MR) is 73.5 cm³/mol. The lowest BCUT2D eigenvalue weighted by Gasteiger charge is -2.15. The molecule has 0 saturated carbocycles. The number of nitrogens with zero attached hydrogens (tertiary/aromatic N) is 2. The van der Waals surface area contributed by atoms with E-state index in [0.29, 0.717) is 11.8 Å². The Bertz CT molecular complexity index is 523. The monoisotopic (exact) mass is 230 g/mol. The zero-order chi connectivity index (χ0) is 12.6. The zero-order valence-electron chi connectivity index (χ0n) is 11.5. The van der Waals surface area contributed by atoms with E-state index >= 15 is 0 Å². The van der Waals surface area contributed by atoms with Gasteiger partial charge in [-0.15, -0.1) is 0 Å². The summed E-state index contributed by atoms with van der Waals surface area (Å²) >= 11 is 0. The zero-order valence-corrected chi connectivity index (χ0v) is 11.5. The molecular weight excluding hydrogens is 208 g/mol. The van der Waals surface area contributed by atoms with Crippen LogP contribution < -0.4 is 0 Å². The lowest BCUT2D eigenvalue weighted by Crippen LogP contribution is -1.99. The van der Waals surface area contributed by atoms with E-state index in [0.717, 1.165) is 0 Å². The Morgan fingerprint density at radius 2 is 1.94 bits per heavy atom. The summed E-state index contributed by atoms with van der Waals surface area (Å²) in [4.78, 5) is 0. The van der Waals surface area contributed by atoms with Gasteiger partial charge in [0, 0.05) is 12.4 Å². The fourth-order valence-electron chi connectivity index (χ4n) is 2.34. The minimum absolute atomic E-state index is 0.539. The predicted octanol–water partition coefficient (Wildman–Crippen LogP) is 4.21. The third-order valence-electron chi connectivity index (χ3n) is 3.69. The van der Waals surface area contributed by atoms with Gasteiger partial charge in [-0.05, 0) is 35.4 Å². The van der Waals surface area contributed by atoms with Gasteiger partial charge in [0.25, 0.3) is 0 Å². The van der Waals surface area contributed by atoms with Crippen LogP contribution in [0.1, 0.15) is 57.1 Å². The van der Waals surface area contributed by atoms with Crippen molar-refractivity contribution in [3.05, 3.63) is 29.5 Å². The molecule has 2 aromatic rings. The average molecular weight is 230 g/mol. The van der Waals surface area contributed by atoms with Crippen LogP contribution in [0.4, 0.5) is 0 Å². The molecule has 1 aromatic carbocycles. The van der Waals surface area contributed by atoms with Crippen LogP contribution >= 0.6 is 0 Å². The summed E-state index contributed by atoms with van der Waals surface area (Å²) in [6.07, 6.45) is 3.16. The quantitative estimate of drug-likeness (QED) is 0.772. The van der Waals surface area contributed by atoms with Crippen molar-refractivity contribution in [2.45, 2.75) is 46.0 Å². The Kier molecular flexibility index (Phi) is 3.23. The standard InChI is InChI=1S/C15H22N2/c1-6-11(4)12-7-13-9-16-17(5)15(13)14(8-12)10(2)3/h7-11H,6H2,1-5H3. The van der Waals surface area contributed by atoms with Gasteiger partial charge < -0.3 is 0 Å². The van der Waals surface area contributed by atoms with Crippen LogP contribution in [0.3, 0.4) is 0 Å². The maximum Gasteiger partial charge on any atom is 0.0713 e. The molecule has 0 N–H and O–H groups in total. The molecule has 0 aliphatic carbocycles. The summed E-state index contributed by atoms with van der Waals surface area (Å²) in [5.74, 6) is 1.16. The Balaban J connectivity index is 2.68. The van der Waals surface area contributed by atoms with Crippen molar-refractivity contribution >= 4 is 10.9 Å². The van der Waals surface area contributed by atoms with Gasteiger partial charge in [0.1, 0.15) is 0 Å². The lowest BCUT2D eigenvalue weighted by molar-refractivity contribution is 0.729. The number of hydrogen-bond acceptors (Lipinski definition) is 1. The summed E-state index contributed by atoms with van der Waals surface area (Å²) in [7, 11) is 2.02. The second-order valence-corrected chi connectivity index (χ2v) is 5.28. The topological polar surface area (TPSA) is 17.8 Å². The molecule has 0 aliphatic rings. The largest absolute Gasteiger partial charge is 0.268 e. The molecule has 0 aliphatic heterocycles. The second-order valence-electron chi connectivity index (χ2n) is 5.28. The first-order valence-corrected chi connectivity index (χ1v) is 6.50. The Morgan fingerprint density at radius 1 is 1.24 bits per heavy atom. The van der Waals surface area contributed by atoms with Crippen molar-refractivity contribution in [2.75, 3.05) is 0 Å². The summed E-state index contributed by atoms with van der Waals surface area (Å²) < 4.78 is 1.99. The highest BCUT2D eigenvalue weighted by Crippen LogP contribution is 2.30. The molecule has 0 saturated heterocycles. The van der Waals surface area contributed by atoms with Crippen LogP contribution in [-0.2, 0) is 7.05 Å². The fraction of sp³-hybridized carbons (Fsp3) is 0.533. The van der Waals surface area contributed by atoms with Crippen molar-refractivity contribution in [2.24, 2.45) is 7.05 Å². The molecular formula is C15H22N2. The van der Waals surface area contributed by atoms with E-state index in [-0.39, 0.29) is 0 Å². The lowest BCUT2D eigenvalue weighted by atomic mass is 9.91. The van der Waals surface area contributed by atoms with Crippen LogP contribution in [0.15, 0.2) is 18.3 Å². The highest BCUT2D eigenvalue weighted by Gasteiger charge is 2.13. The van der Waals surface area contributed by atoms with Crippen LogP contribution in [0.5, 0.6) is 0 Å². The van der Waals surface area contributed by atoms with Crippen LogP contribution in [-0.4, -0.2) is 9.78 Å². The smallest absolute Gasteiger partial charge is 0.0713 e. The molecule has 2 rings (SSSR count). The second kappa shape index (κ2) is 4.52. The van der Waals surface area contributed by atoms with Crippen LogP contribution in [0.25, 0.3) is 10.9 Å². The SMILES string of the molecule is CCC(C)c1cc(C(C)C)c2c(cnn2C)c1. The van der Waals surface area contributed by atoms with Gasteiger partial charge in [-0.3, -0.25) is 4.68 Å². The van der Waals surface area contributed by atoms with Crippen molar-refractivity contribution in [3.8, 4) is 0 Å². The molecule has 1 aromatic heterocycles. The highest BCUT2D eigenvalue weighted by atomic mass is 15.2. The minimum Gasteiger partial charge on any atom is -0.268 e. The normalized spacial score (nSPS) is 13.5. The number of aryl methyl sites for hydroxylation is 1. The fourth-order valence-corrected chi connectivity index (χ4v) is 2.34. The van der Waals surface area contributed by atoms with Gasteiger partial charge in [-0.2, -0.15) is 5.10 Å². The van der Waals surface area contributed by atoms with Gasteiger partial charge in [0.15, 0.2) is 0 Å². The molecule has 1 heterocycles. The molecule has 0 radical (unpaired) electrons. The Hall–Kier alpha value is -1.31. The van der Waals surface area contributed by atoms with Gasteiger partial charge in [0.2, 0.25) is 0 Å². The maximum atomic E-state index is 4.38. The first-order chi connectivity index (χ1) is 8.04. The molecule has 17 heavy (non-hydrogen) atoms. The summed E-state index contributed by atoms with van der Waals surface area (Å²) in [5, 5.41) is 5.65. The Labute approximate surface area is 104 Å². The highest BCUT2D eigenvalue weighted by molar-refractivity contribution is 5.83. The van der Waals surface area contributed by atoms with E-state index in [9.17, 15) is 0 Å². The van der Waals surface area contributed by atoms with Crippen molar-refractivity contribution in [3.63, 3.8) is 0 Å². The summed E-state index contributed by atoms with van der Waals surface area (Å²) in [6, 6.07) is 4.66. The minimum atomic E-state index is 0.539. The first kappa shape index (κ1) is 12.2. The maximum absolute atomic E-state index is 4.38. The van der Waals surface area contributed by atoms with E-state index in [1.165, 1.54) is 28.5 Å². The summed E-state index contributed by atoms with van der Waals surface area (Å²) in [5.41, 5.74) is 4.14. The van der Waals surface area contributed by atoms with E-state index in [2.05, 4.69) is 44.9 Å². The van der Waals surface area contributed by atoms with Crippen molar-refractivity contribution in [1.82, 2.24) is 9.78 Å². The van der Waals surface area contributed by atoms with E-state index in [1.54, 1.807) is 0 Å². The number of aromatic nitrogens is 2. The average Bonchev–Trinajstić information content (AvgIpc) is 2.69.